The van der Waals surface area contributed by atoms with Gasteiger partial charge in [-0.2, -0.15) is 5.10 Å². The van der Waals surface area contributed by atoms with E-state index >= 15 is 0 Å². The largest absolute Gasteiger partial charge is 0.266 e. The minimum atomic E-state index is -0.234. The fourth-order valence-corrected chi connectivity index (χ4v) is 1.98. The Morgan fingerprint density at radius 3 is 2.68 bits per heavy atom. The Kier molecular flexibility index (Phi) is 2.83. The molecule has 3 nitrogen and oxygen atoms in total. The zero-order valence-electron chi connectivity index (χ0n) is 10.4. The number of benzene rings is 1. The van der Waals surface area contributed by atoms with Gasteiger partial charge in [-0.3, -0.25) is 9.67 Å². The van der Waals surface area contributed by atoms with Gasteiger partial charge in [0.1, 0.15) is 17.0 Å². The highest BCUT2D eigenvalue weighted by atomic mass is 19.1. The number of halogens is 1. The summed E-state index contributed by atoms with van der Waals surface area (Å²) in [6, 6.07) is 10.2. The predicted molar refractivity (Wildman–Crippen MR) is 73.8 cm³/mol. The molecule has 3 rings (SSSR count). The van der Waals surface area contributed by atoms with E-state index in [9.17, 15) is 4.39 Å². The molecule has 0 bridgehead atoms. The molecule has 3 aromatic rings. The molecule has 0 amide bonds. The molecule has 0 aliphatic carbocycles. The molecule has 0 saturated heterocycles. The summed E-state index contributed by atoms with van der Waals surface area (Å²) in [7, 11) is 1.89. The molecule has 0 unspecified atom stereocenters. The smallest absolute Gasteiger partial charge is 0.123 e. The van der Waals surface area contributed by atoms with Crippen molar-refractivity contribution in [3.63, 3.8) is 0 Å². The van der Waals surface area contributed by atoms with Gasteiger partial charge in [-0.25, -0.2) is 4.39 Å². The first-order valence-corrected chi connectivity index (χ1v) is 5.95. The molecular weight excluding hydrogens is 241 g/mol. The van der Waals surface area contributed by atoms with Crippen molar-refractivity contribution in [1.82, 2.24) is 14.8 Å². The molecule has 0 atom stereocenters. The number of rotatable bonds is 2. The number of aryl methyl sites for hydroxylation is 1. The van der Waals surface area contributed by atoms with Gasteiger partial charge in [-0.05, 0) is 35.9 Å². The second kappa shape index (κ2) is 4.65. The van der Waals surface area contributed by atoms with Crippen LogP contribution in [0.25, 0.3) is 23.2 Å². The van der Waals surface area contributed by atoms with E-state index in [1.54, 1.807) is 23.0 Å². The molecule has 0 spiro atoms. The number of fused-ring (bicyclic) bond motifs is 1. The Morgan fingerprint density at radius 1 is 1.11 bits per heavy atom. The Hall–Kier alpha value is -2.49. The van der Waals surface area contributed by atoms with Gasteiger partial charge in [0.2, 0.25) is 0 Å². The normalized spacial score (nSPS) is 11.5. The summed E-state index contributed by atoms with van der Waals surface area (Å²) in [5.74, 6) is -0.234. The molecule has 0 radical (unpaired) electrons. The quantitative estimate of drug-likeness (QED) is 0.701. The second-order valence-corrected chi connectivity index (χ2v) is 4.26. The third-order valence-electron chi connectivity index (χ3n) is 2.94. The molecule has 94 valence electrons. The van der Waals surface area contributed by atoms with Crippen LogP contribution in [0.4, 0.5) is 4.39 Å². The fraction of sp³-hybridized carbons (Fsp3) is 0.0667. The highest BCUT2D eigenvalue weighted by Gasteiger charge is 2.05. The van der Waals surface area contributed by atoms with Crippen molar-refractivity contribution >= 4 is 23.2 Å². The standard InChI is InChI=1S/C15H12FN3/c1-19-14-3-2-10-17-15(14)13(18-19)9-6-11-4-7-12(16)8-5-11/h2-10H,1H3/b9-6+. The fourth-order valence-electron chi connectivity index (χ4n) is 1.98. The van der Waals surface area contributed by atoms with E-state index in [0.29, 0.717) is 0 Å². The molecule has 19 heavy (non-hydrogen) atoms. The average Bonchev–Trinajstić information content (AvgIpc) is 2.76. The first-order chi connectivity index (χ1) is 9.24. The molecule has 0 aliphatic rings. The molecule has 2 heterocycles. The highest BCUT2D eigenvalue weighted by molar-refractivity contribution is 5.86. The van der Waals surface area contributed by atoms with Crippen LogP contribution in [0.3, 0.4) is 0 Å². The maximum Gasteiger partial charge on any atom is 0.123 e. The van der Waals surface area contributed by atoms with Crippen molar-refractivity contribution in [3.05, 3.63) is 59.7 Å². The molecule has 0 fully saturated rings. The van der Waals surface area contributed by atoms with E-state index in [2.05, 4.69) is 10.1 Å². The van der Waals surface area contributed by atoms with Gasteiger partial charge < -0.3 is 0 Å². The predicted octanol–water partition coefficient (Wildman–Crippen LogP) is 3.28. The van der Waals surface area contributed by atoms with Crippen LogP contribution in [0.1, 0.15) is 11.3 Å². The summed E-state index contributed by atoms with van der Waals surface area (Å²) >= 11 is 0. The van der Waals surface area contributed by atoms with Crippen molar-refractivity contribution in [2.75, 3.05) is 0 Å². The van der Waals surface area contributed by atoms with Crippen molar-refractivity contribution < 1.29 is 4.39 Å². The van der Waals surface area contributed by atoms with Gasteiger partial charge in [0.15, 0.2) is 0 Å². The Labute approximate surface area is 110 Å². The first kappa shape index (κ1) is 11.6. The number of hydrogen-bond acceptors (Lipinski definition) is 2. The van der Waals surface area contributed by atoms with Gasteiger partial charge in [-0.1, -0.05) is 18.2 Å². The van der Waals surface area contributed by atoms with E-state index in [-0.39, 0.29) is 5.82 Å². The summed E-state index contributed by atoms with van der Waals surface area (Å²) in [5, 5.41) is 4.42. The lowest BCUT2D eigenvalue weighted by Gasteiger charge is -1.92. The SMILES string of the molecule is Cn1nc(/C=C/c2ccc(F)cc2)c2ncccc21. The maximum absolute atomic E-state index is 12.8. The van der Waals surface area contributed by atoms with Crippen LogP contribution < -0.4 is 0 Å². The monoisotopic (exact) mass is 253 g/mol. The van der Waals surface area contributed by atoms with Crippen LogP contribution in [0.15, 0.2) is 42.6 Å². The molecule has 2 aromatic heterocycles. The third kappa shape index (κ3) is 2.25. The lowest BCUT2D eigenvalue weighted by molar-refractivity contribution is 0.628. The zero-order chi connectivity index (χ0) is 13.2. The molecule has 4 heteroatoms. The van der Waals surface area contributed by atoms with Crippen molar-refractivity contribution in [2.45, 2.75) is 0 Å². The van der Waals surface area contributed by atoms with E-state index < -0.39 is 0 Å². The van der Waals surface area contributed by atoms with Crippen molar-refractivity contribution in [2.24, 2.45) is 7.05 Å². The Balaban J connectivity index is 1.99. The van der Waals surface area contributed by atoms with Gasteiger partial charge >= 0.3 is 0 Å². The molecular formula is C15H12FN3. The van der Waals surface area contributed by atoms with Crippen LogP contribution in [0.5, 0.6) is 0 Å². The number of aromatic nitrogens is 3. The number of pyridine rings is 1. The van der Waals surface area contributed by atoms with Crippen LogP contribution in [0, 0.1) is 5.82 Å². The van der Waals surface area contributed by atoms with E-state index in [1.165, 1.54) is 12.1 Å². The minimum Gasteiger partial charge on any atom is -0.266 e. The lowest BCUT2D eigenvalue weighted by Crippen LogP contribution is -1.88. The second-order valence-electron chi connectivity index (χ2n) is 4.26. The zero-order valence-corrected chi connectivity index (χ0v) is 10.4. The first-order valence-electron chi connectivity index (χ1n) is 5.95. The molecule has 0 N–H and O–H groups in total. The minimum absolute atomic E-state index is 0.234. The summed E-state index contributed by atoms with van der Waals surface area (Å²) in [5.41, 5.74) is 3.59. The molecule has 0 aliphatic heterocycles. The van der Waals surface area contributed by atoms with E-state index in [4.69, 9.17) is 0 Å². The topological polar surface area (TPSA) is 30.7 Å². The van der Waals surface area contributed by atoms with Gasteiger partial charge in [-0.15, -0.1) is 0 Å². The van der Waals surface area contributed by atoms with Crippen LogP contribution >= 0.6 is 0 Å². The molecule has 0 saturated carbocycles. The average molecular weight is 253 g/mol. The van der Waals surface area contributed by atoms with Crippen LogP contribution in [-0.2, 0) is 7.05 Å². The number of nitrogens with zero attached hydrogens (tertiary/aromatic N) is 3. The van der Waals surface area contributed by atoms with Crippen LogP contribution in [-0.4, -0.2) is 14.8 Å². The molecule has 1 aromatic carbocycles. The highest BCUT2D eigenvalue weighted by Crippen LogP contribution is 2.17. The summed E-state index contributed by atoms with van der Waals surface area (Å²) in [6.07, 6.45) is 5.54. The van der Waals surface area contributed by atoms with Crippen molar-refractivity contribution in [3.8, 4) is 0 Å². The number of hydrogen-bond donors (Lipinski definition) is 0. The Bertz CT molecular complexity index is 742. The van der Waals surface area contributed by atoms with E-state index in [1.807, 2.05) is 31.3 Å². The van der Waals surface area contributed by atoms with Gasteiger partial charge in [0, 0.05) is 13.2 Å². The third-order valence-corrected chi connectivity index (χ3v) is 2.94. The lowest BCUT2D eigenvalue weighted by atomic mass is 10.2. The maximum atomic E-state index is 12.8. The summed E-state index contributed by atoms with van der Waals surface area (Å²) in [6.45, 7) is 0. The summed E-state index contributed by atoms with van der Waals surface area (Å²) < 4.78 is 14.6. The van der Waals surface area contributed by atoms with Gasteiger partial charge in [0.25, 0.3) is 0 Å². The van der Waals surface area contributed by atoms with Gasteiger partial charge in [0.05, 0.1) is 5.52 Å². The van der Waals surface area contributed by atoms with Crippen molar-refractivity contribution in [1.29, 1.82) is 0 Å². The Morgan fingerprint density at radius 2 is 1.89 bits per heavy atom. The van der Waals surface area contributed by atoms with E-state index in [0.717, 1.165) is 22.3 Å². The summed E-state index contributed by atoms with van der Waals surface area (Å²) in [4.78, 5) is 4.33. The van der Waals surface area contributed by atoms with Crippen LogP contribution in [0.2, 0.25) is 0 Å².